The molecule has 0 unspecified atom stereocenters. The lowest BCUT2D eigenvalue weighted by Crippen LogP contribution is -1.95. The van der Waals surface area contributed by atoms with Gasteiger partial charge in [-0.2, -0.15) is 10.4 Å². The monoisotopic (exact) mass is 237 g/mol. The Hall–Kier alpha value is -1.50. The minimum absolute atomic E-state index is 0.466. The van der Waals surface area contributed by atoms with Crippen molar-refractivity contribution < 1.29 is 0 Å². The van der Waals surface area contributed by atoms with Crippen LogP contribution in [0, 0.1) is 11.3 Å². The van der Waals surface area contributed by atoms with E-state index in [0.29, 0.717) is 21.3 Å². The van der Waals surface area contributed by atoms with Gasteiger partial charge >= 0.3 is 0 Å². The number of hydrogen-bond donors (Lipinski definition) is 0. The Morgan fingerprint density at radius 1 is 1.33 bits per heavy atom. The predicted molar refractivity (Wildman–Crippen MR) is 58.3 cm³/mol. The van der Waals surface area contributed by atoms with Crippen molar-refractivity contribution in [3.63, 3.8) is 0 Å². The third kappa shape index (κ3) is 1.96. The molecule has 0 atom stereocenters. The van der Waals surface area contributed by atoms with E-state index in [1.54, 1.807) is 29.1 Å². The van der Waals surface area contributed by atoms with Gasteiger partial charge in [0.05, 0.1) is 33.6 Å². The topological polar surface area (TPSA) is 41.6 Å². The average molecular weight is 238 g/mol. The maximum Gasteiger partial charge on any atom is 0.0992 e. The number of hydrogen-bond acceptors (Lipinski definition) is 2. The zero-order chi connectivity index (χ0) is 10.8. The van der Waals surface area contributed by atoms with E-state index in [0.717, 1.165) is 0 Å². The van der Waals surface area contributed by atoms with Crippen LogP contribution >= 0.6 is 23.2 Å². The highest BCUT2D eigenvalue weighted by Crippen LogP contribution is 2.22. The largest absolute Gasteiger partial charge is 0.238 e. The van der Waals surface area contributed by atoms with Gasteiger partial charge in [-0.25, -0.2) is 4.68 Å². The van der Waals surface area contributed by atoms with E-state index in [2.05, 4.69) is 5.10 Å². The van der Waals surface area contributed by atoms with Crippen molar-refractivity contribution >= 4 is 23.2 Å². The summed E-state index contributed by atoms with van der Waals surface area (Å²) in [6.45, 7) is 0. The summed E-state index contributed by atoms with van der Waals surface area (Å²) in [6, 6.07) is 7.01. The van der Waals surface area contributed by atoms with Crippen LogP contribution in [0.15, 0.2) is 30.6 Å². The Balaban J connectivity index is 2.51. The van der Waals surface area contributed by atoms with E-state index in [1.807, 2.05) is 6.07 Å². The lowest BCUT2D eigenvalue weighted by Gasteiger charge is -2.03. The molecule has 3 nitrogen and oxygen atoms in total. The van der Waals surface area contributed by atoms with Crippen molar-refractivity contribution in [1.29, 1.82) is 5.26 Å². The molecule has 0 amide bonds. The second kappa shape index (κ2) is 3.93. The fourth-order valence-electron chi connectivity index (χ4n) is 1.19. The van der Waals surface area contributed by atoms with Gasteiger partial charge < -0.3 is 0 Å². The van der Waals surface area contributed by atoms with Crippen LogP contribution in [-0.2, 0) is 0 Å². The molecule has 2 rings (SSSR count). The van der Waals surface area contributed by atoms with Gasteiger partial charge in [0.25, 0.3) is 0 Å². The van der Waals surface area contributed by atoms with Gasteiger partial charge in [-0.15, -0.1) is 0 Å². The second-order valence-electron chi connectivity index (χ2n) is 2.88. The van der Waals surface area contributed by atoms with Gasteiger partial charge in [0, 0.05) is 6.20 Å². The smallest absolute Gasteiger partial charge is 0.0992 e. The van der Waals surface area contributed by atoms with E-state index in [-0.39, 0.29) is 0 Å². The highest BCUT2D eigenvalue weighted by molar-refractivity contribution is 6.32. The maximum atomic E-state index is 8.68. The van der Waals surface area contributed by atoms with Gasteiger partial charge in [0.1, 0.15) is 0 Å². The Bertz CT molecular complexity index is 540. The van der Waals surface area contributed by atoms with Crippen molar-refractivity contribution in [2.24, 2.45) is 0 Å². The molecule has 0 aliphatic heterocycles. The van der Waals surface area contributed by atoms with E-state index in [9.17, 15) is 0 Å². The number of aromatic nitrogens is 2. The molecule has 0 saturated heterocycles. The van der Waals surface area contributed by atoms with Crippen LogP contribution in [0.3, 0.4) is 0 Å². The summed E-state index contributed by atoms with van der Waals surface area (Å²) in [7, 11) is 0. The molecular formula is C10H5Cl2N3. The van der Waals surface area contributed by atoms with Crippen LogP contribution in [0.4, 0.5) is 0 Å². The second-order valence-corrected chi connectivity index (χ2v) is 3.72. The highest BCUT2D eigenvalue weighted by atomic mass is 35.5. The SMILES string of the molecule is N#Cc1ccc(-n2cc(Cl)cn2)c(Cl)c1. The molecule has 15 heavy (non-hydrogen) atoms. The summed E-state index contributed by atoms with van der Waals surface area (Å²) >= 11 is 11.7. The normalized spacial score (nSPS) is 9.93. The molecule has 0 fully saturated rings. The average Bonchev–Trinajstić information content (AvgIpc) is 2.64. The molecule has 0 bridgehead atoms. The first kappa shape index (κ1) is 10.0. The molecule has 0 radical (unpaired) electrons. The molecule has 0 N–H and O–H groups in total. The van der Waals surface area contributed by atoms with E-state index in [1.165, 1.54) is 6.20 Å². The molecule has 1 aromatic carbocycles. The highest BCUT2D eigenvalue weighted by Gasteiger charge is 2.05. The molecular weight excluding hydrogens is 233 g/mol. The van der Waals surface area contributed by atoms with Crippen LogP contribution in [0.1, 0.15) is 5.56 Å². The minimum atomic E-state index is 0.466. The van der Waals surface area contributed by atoms with Gasteiger partial charge in [-0.05, 0) is 18.2 Å². The Morgan fingerprint density at radius 3 is 2.67 bits per heavy atom. The van der Waals surface area contributed by atoms with E-state index in [4.69, 9.17) is 28.5 Å². The van der Waals surface area contributed by atoms with Gasteiger partial charge in [0.2, 0.25) is 0 Å². The summed E-state index contributed by atoms with van der Waals surface area (Å²) in [4.78, 5) is 0. The molecule has 0 spiro atoms. The van der Waals surface area contributed by atoms with Crippen molar-refractivity contribution in [1.82, 2.24) is 9.78 Å². The van der Waals surface area contributed by atoms with Crippen LogP contribution in [0.2, 0.25) is 10.0 Å². The first-order chi connectivity index (χ1) is 7.20. The quantitative estimate of drug-likeness (QED) is 0.766. The van der Waals surface area contributed by atoms with Crippen LogP contribution in [-0.4, -0.2) is 9.78 Å². The summed E-state index contributed by atoms with van der Waals surface area (Å²) < 4.78 is 1.56. The van der Waals surface area contributed by atoms with Crippen molar-refractivity contribution in [3.05, 3.63) is 46.2 Å². The molecule has 2 aromatic rings. The Morgan fingerprint density at radius 2 is 2.13 bits per heavy atom. The molecule has 0 aliphatic carbocycles. The molecule has 74 valence electrons. The maximum absolute atomic E-state index is 8.68. The third-order valence-corrected chi connectivity index (χ3v) is 2.37. The molecule has 0 aliphatic rings. The molecule has 5 heteroatoms. The molecule has 0 saturated carbocycles. The molecule has 1 aromatic heterocycles. The lowest BCUT2D eigenvalue weighted by molar-refractivity contribution is 0.880. The summed E-state index contributed by atoms with van der Waals surface area (Å²) in [5.74, 6) is 0. The van der Waals surface area contributed by atoms with Gasteiger partial charge in [-0.3, -0.25) is 0 Å². The summed E-state index contributed by atoms with van der Waals surface area (Å²) in [6.07, 6.45) is 3.17. The number of nitrogens with zero attached hydrogens (tertiary/aromatic N) is 3. The molecule has 1 heterocycles. The van der Waals surface area contributed by atoms with Crippen LogP contribution < -0.4 is 0 Å². The van der Waals surface area contributed by atoms with Crippen LogP contribution in [0.5, 0.6) is 0 Å². The first-order valence-corrected chi connectivity index (χ1v) is 4.86. The third-order valence-electron chi connectivity index (χ3n) is 1.87. The fourth-order valence-corrected chi connectivity index (χ4v) is 1.60. The lowest BCUT2D eigenvalue weighted by atomic mass is 10.2. The van der Waals surface area contributed by atoms with Crippen molar-refractivity contribution in [2.45, 2.75) is 0 Å². The zero-order valence-corrected chi connectivity index (χ0v) is 9.00. The summed E-state index contributed by atoms with van der Waals surface area (Å²) in [5, 5.41) is 13.7. The van der Waals surface area contributed by atoms with Crippen molar-refractivity contribution in [2.75, 3.05) is 0 Å². The zero-order valence-electron chi connectivity index (χ0n) is 7.48. The van der Waals surface area contributed by atoms with E-state index >= 15 is 0 Å². The Kier molecular flexibility index (Phi) is 2.63. The number of halogens is 2. The predicted octanol–water partition coefficient (Wildman–Crippen LogP) is 3.05. The summed E-state index contributed by atoms with van der Waals surface area (Å²) in [5.41, 5.74) is 1.21. The van der Waals surface area contributed by atoms with Crippen molar-refractivity contribution in [3.8, 4) is 11.8 Å². The first-order valence-electron chi connectivity index (χ1n) is 4.11. The van der Waals surface area contributed by atoms with Gasteiger partial charge in [-0.1, -0.05) is 23.2 Å². The number of nitriles is 1. The number of rotatable bonds is 1. The number of benzene rings is 1. The Labute approximate surface area is 96.5 Å². The standard InChI is InChI=1S/C10H5Cl2N3/c11-8-5-14-15(6-8)10-2-1-7(4-13)3-9(10)12/h1-3,5-6H. The van der Waals surface area contributed by atoms with Crippen LogP contribution in [0.25, 0.3) is 5.69 Å². The van der Waals surface area contributed by atoms with E-state index < -0.39 is 0 Å². The van der Waals surface area contributed by atoms with Gasteiger partial charge in [0.15, 0.2) is 0 Å². The fraction of sp³-hybridized carbons (Fsp3) is 0. The minimum Gasteiger partial charge on any atom is -0.238 e.